The zero-order chi connectivity index (χ0) is 9.42. The zero-order valence-corrected chi connectivity index (χ0v) is 9.12. The van der Waals surface area contributed by atoms with E-state index in [1.165, 1.54) is 0 Å². The number of nitrogens with zero attached hydrogens (tertiary/aromatic N) is 3. The SMILES string of the molecule is CC(C)c1nnc2cccc(Br)n12. The fraction of sp³-hybridized carbons (Fsp3) is 0.333. The van der Waals surface area contributed by atoms with Crippen LogP contribution in [0.1, 0.15) is 25.6 Å². The monoisotopic (exact) mass is 239 g/mol. The molecule has 0 aliphatic rings. The molecule has 0 atom stereocenters. The van der Waals surface area contributed by atoms with E-state index in [-0.39, 0.29) is 0 Å². The lowest BCUT2D eigenvalue weighted by atomic mass is 10.2. The minimum Gasteiger partial charge on any atom is -0.273 e. The first-order valence-corrected chi connectivity index (χ1v) is 4.99. The van der Waals surface area contributed by atoms with Crippen molar-refractivity contribution >= 4 is 21.6 Å². The summed E-state index contributed by atoms with van der Waals surface area (Å²) < 4.78 is 3.02. The lowest BCUT2D eigenvalue weighted by Crippen LogP contribution is -1.97. The van der Waals surface area contributed by atoms with Crippen LogP contribution in [0.15, 0.2) is 22.8 Å². The van der Waals surface area contributed by atoms with E-state index in [4.69, 9.17) is 0 Å². The largest absolute Gasteiger partial charge is 0.273 e. The molecule has 0 radical (unpaired) electrons. The summed E-state index contributed by atoms with van der Waals surface area (Å²) in [5.74, 6) is 1.37. The number of halogens is 1. The first kappa shape index (κ1) is 8.69. The Morgan fingerprint density at radius 1 is 1.31 bits per heavy atom. The zero-order valence-electron chi connectivity index (χ0n) is 7.53. The molecule has 0 N–H and O–H groups in total. The molecule has 2 heterocycles. The van der Waals surface area contributed by atoms with E-state index in [0.717, 1.165) is 16.1 Å². The second-order valence-corrected chi connectivity index (χ2v) is 4.07. The van der Waals surface area contributed by atoms with Crippen LogP contribution in [0.3, 0.4) is 0 Å². The maximum Gasteiger partial charge on any atom is 0.161 e. The Morgan fingerprint density at radius 3 is 2.77 bits per heavy atom. The molecular formula is C9H10BrN3. The smallest absolute Gasteiger partial charge is 0.161 e. The lowest BCUT2D eigenvalue weighted by Gasteiger charge is -2.03. The summed E-state index contributed by atoms with van der Waals surface area (Å²) in [6.07, 6.45) is 0. The van der Waals surface area contributed by atoms with Crippen molar-refractivity contribution in [3.8, 4) is 0 Å². The molecule has 4 heteroatoms. The van der Waals surface area contributed by atoms with Gasteiger partial charge in [-0.3, -0.25) is 4.40 Å². The predicted octanol–water partition coefficient (Wildman–Crippen LogP) is 2.62. The van der Waals surface area contributed by atoms with Crippen molar-refractivity contribution < 1.29 is 0 Å². The number of rotatable bonds is 1. The molecule has 2 aromatic rings. The van der Waals surface area contributed by atoms with Crippen LogP contribution in [0.4, 0.5) is 0 Å². The molecule has 0 bridgehead atoms. The summed E-state index contributed by atoms with van der Waals surface area (Å²) in [6.45, 7) is 4.21. The third-order valence-corrected chi connectivity index (χ3v) is 2.54. The second kappa shape index (κ2) is 3.10. The highest BCUT2D eigenvalue weighted by Crippen LogP contribution is 2.18. The highest BCUT2D eigenvalue weighted by Gasteiger charge is 2.10. The van der Waals surface area contributed by atoms with Gasteiger partial charge in [-0.15, -0.1) is 10.2 Å². The van der Waals surface area contributed by atoms with E-state index < -0.39 is 0 Å². The van der Waals surface area contributed by atoms with Gasteiger partial charge in [-0.1, -0.05) is 19.9 Å². The summed E-state index contributed by atoms with van der Waals surface area (Å²) in [5.41, 5.74) is 0.887. The van der Waals surface area contributed by atoms with Crippen molar-refractivity contribution in [3.05, 3.63) is 28.6 Å². The fourth-order valence-electron chi connectivity index (χ4n) is 1.30. The van der Waals surface area contributed by atoms with E-state index >= 15 is 0 Å². The van der Waals surface area contributed by atoms with Gasteiger partial charge in [0.1, 0.15) is 5.82 Å². The number of aromatic nitrogens is 3. The van der Waals surface area contributed by atoms with Gasteiger partial charge in [0.2, 0.25) is 0 Å². The average molecular weight is 240 g/mol. The van der Waals surface area contributed by atoms with E-state index in [0.29, 0.717) is 5.92 Å². The molecule has 0 aliphatic carbocycles. The molecular weight excluding hydrogens is 230 g/mol. The van der Waals surface area contributed by atoms with E-state index in [2.05, 4.69) is 40.0 Å². The van der Waals surface area contributed by atoms with Crippen LogP contribution in [0.25, 0.3) is 5.65 Å². The van der Waals surface area contributed by atoms with Crippen LogP contribution >= 0.6 is 15.9 Å². The quantitative estimate of drug-likeness (QED) is 0.717. The maximum absolute atomic E-state index is 4.14. The number of fused-ring (bicyclic) bond motifs is 1. The molecule has 0 saturated carbocycles. The minimum absolute atomic E-state index is 0.383. The first-order chi connectivity index (χ1) is 6.20. The van der Waals surface area contributed by atoms with E-state index in [1.807, 2.05) is 22.6 Å². The summed E-state index contributed by atoms with van der Waals surface area (Å²) in [7, 11) is 0. The van der Waals surface area contributed by atoms with Gasteiger partial charge >= 0.3 is 0 Å². The van der Waals surface area contributed by atoms with Gasteiger partial charge in [0.05, 0.1) is 4.60 Å². The molecule has 0 saturated heterocycles. The fourth-order valence-corrected chi connectivity index (χ4v) is 1.81. The van der Waals surface area contributed by atoms with Crippen molar-refractivity contribution in [2.75, 3.05) is 0 Å². The van der Waals surface area contributed by atoms with E-state index in [9.17, 15) is 0 Å². The van der Waals surface area contributed by atoms with Crippen LogP contribution in [0.2, 0.25) is 0 Å². The molecule has 2 aromatic heterocycles. The third kappa shape index (κ3) is 1.35. The van der Waals surface area contributed by atoms with Gasteiger partial charge in [-0.25, -0.2) is 0 Å². The molecule has 0 spiro atoms. The number of hydrogen-bond acceptors (Lipinski definition) is 2. The Balaban J connectivity index is 2.79. The molecule has 0 fully saturated rings. The number of pyridine rings is 1. The van der Waals surface area contributed by atoms with Gasteiger partial charge in [0.25, 0.3) is 0 Å². The molecule has 0 amide bonds. The van der Waals surface area contributed by atoms with Crippen molar-refractivity contribution in [3.63, 3.8) is 0 Å². The Bertz CT molecular complexity index is 433. The highest BCUT2D eigenvalue weighted by molar-refractivity contribution is 9.10. The van der Waals surface area contributed by atoms with Crippen molar-refractivity contribution in [1.29, 1.82) is 0 Å². The van der Waals surface area contributed by atoms with Crippen LogP contribution < -0.4 is 0 Å². The van der Waals surface area contributed by atoms with Crippen molar-refractivity contribution in [1.82, 2.24) is 14.6 Å². The van der Waals surface area contributed by atoms with Gasteiger partial charge in [0.15, 0.2) is 5.65 Å². The summed E-state index contributed by atoms with van der Waals surface area (Å²) in [5, 5.41) is 8.22. The number of hydrogen-bond donors (Lipinski definition) is 0. The third-order valence-electron chi connectivity index (χ3n) is 1.92. The minimum atomic E-state index is 0.383. The Labute approximate surface area is 84.9 Å². The maximum atomic E-state index is 4.14. The van der Waals surface area contributed by atoms with Crippen LogP contribution in [-0.4, -0.2) is 14.6 Å². The van der Waals surface area contributed by atoms with Crippen LogP contribution in [0, 0.1) is 0 Å². The van der Waals surface area contributed by atoms with Gasteiger partial charge in [-0.2, -0.15) is 0 Å². The Kier molecular flexibility index (Phi) is 2.07. The van der Waals surface area contributed by atoms with Crippen LogP contribution in [-0.2, 0) is 0 Å². The summed E-state index contributed by atoms with van der Waals surface area (Å²) >= 11 is 3.48. The molecule has 3 nitrogen and oxygen atoms in total. The van der Waals surface area contributed by atoms with Crippen molar-refractivity contribution in [2.45, 2.75) is 19.8 Å². The van der Waals surface area contributed by atoms with Crippen molar-refractivity contribution in [2.24, 2.45) is 0 Å². The molecule has 13 heavy (non-hydrogen) atoms. The van der Waals surface area contributed by atoms with Gasteiger partial charge in [-0.05, 0) is 28.1 Å². The molecule has 0 aromatic carbocycles. The summed E-state index contributed by atoms with van der Waals surface area (Å²) in [4.78, 5) is 0. The predicted molar refractivity (Wildman–Crippen MR) is 54.8 cm³/mol. The summed E-state index contributed by atoms with van der Waals surface area (Å²) in [6, 6.07) is 5.89. The van der Waals surface area contributed by atoms with Gasteiger partial charge < -0.3 is 0 Å². The second-order valence-electron chi connectivity index (χ2n) is 3.26. The van der Waals surface area contributed by atoms with E-state index in [1.54, 1.807) is 0 Å². The standard InChI is InChI=1S/C9H10BrN3/c1-6(2)9-12-11-8-5-3-4-7(10)13(8)9/h3-6H,1-2H3. The highest BCUT2D eigenvalue weighted by atomic mass is 79.9. The molecule has 0 unspecified atom stereocenters. The Morgan fingerprint density at radius 2 is 2.08 bits per heavy atom. The van der Waals surface area contributed by atoms with Crippen LogP contribution in [0.5, 0.6) is 0 Å². The van der Waals surface area contributed by atoms with Gasteiger partial charge in [0, 0.05) is 5.92 Å². The lowest BCUT2D eigenvalue weighted by molar-refractivity contribution is 0.755. The topological polar surface area (TPSA) is 30.2 Å². The molecule has 68 valence electrons. The Hall–Kier alpha value is -0.900. The normalized spacial score (nSPS) is 11.4. The molecule has 0 aliphatic heterocycles. The average Bonchev–Trinajstić information content (AvgIpc) is 2.49. The molecule has 2 rings (SSSR count). The first-order valence-electron chi connectivity index (χ1n) is 4.19.